The lowest BCUT2D eigenvalue weighted by atomic mass is 10.2. The number of nitrogens with zero attached hydrogens (tertiary/aromatic N) is 3. The smallest absolute Gasteiger partial charge is 0.329 e. The Labute approximate surface area is 125 Å². The molecule has 0 radical (unpaired) electrons. The lowest BCUT2D eigenvalue weighted by molar-refractivity contribution is 0.373. The quantitative estimate of drug-likeness (QED) is 0.623. The molecule has 0 amide bonds. The molecule has 0 saturated heterocycles. The van der Waals surface area contributed by atoms with E-state index in [9.17, 15) is 14.7 Å². The Kier molecular flexibility index (Phi) is 4.31. The van der Waals surface area contributed by atoms with E-state index < -0.39 is 11.2 Å². The first-order valence-electron chi connectivity index (χ1n) is 6.37. The molecule has 2 aromatic rings. The van der Waals surface area contributed by atoms with Gasteiger partial charge in [0.1, 0.15) is 5.82 Å². The van der Waals surface area contributed by atoms with Crippen LogP contribution >= 0.6 is 0 Å². The largest absolute Gasteiger partial charge is 0.504 e. The number of ether oxygens (including phenoxy) is 1. The number of aromatic hydroxyl groups is 1. The number of hydrazone groups is 1. The molecule has 116 valence electrons. The van der Waals surface area contributed by atoms with Crippen molar-refractivity contribution in [3.63, 3.8) is 0 Å². The summed E-state index contributed by atoms with van der Waals surface area (Å²) in [5.74, 6) is 0.632. The van der Waals surface area contributed by atoms with Crippen LogP contribution in [0.15, 0.2) is 39.0 Å². The third-order valence-electron chi connectivity index (χ3n) is 3.06. The normalized spacial score (nSPS) is 10.9. The number of aromatic amines is 1. The first-order valence-corrected chi connectivity index (χ1v) is 6.37. The van der Waals surface area contributed by atoms with Crippen LogP contribution in [-0.4, -0.2) is 35.0 Å². The summed E-state index contributed by atoms with van der Waals surface area (Å²) < 4.78 is 5.97. The van der Waals surface area contributed by atoms with Gasteiger partial charge in [0.25, 0.3) is 5.56 Å². The van der Waals surface area contributed by atoms with Crippen LogP contribution in [0.25, 0.3) is 0 Å². The van der Waals surface area contributed by atoms with Crippen LogP contribution in [0.1, 0.15) is 5.56 Å². The molecule has 2 N–H and O–H groups in total. The zero-order chi connectivity index (χ0) is 16.3. The summed E-state index contributed by atoms with van der Waals surface area (Å²) in [5.41, 5.74) is -0.254. The average molecular weight is 304 g/mol. The van der Waals surface area contributed by atoms with E-state index in [2.05, 4.69) is 10.1 Å². The Bertz CT molecular complexity index is 791. The Hall–Kier alpha value is -3.03. The highest BCUT2D eigenvalue weighted by Crippen LogP contribution is 2.25. The van der Waals surface area contributed by atoms with Gasteiger partial charge in [0, 0.05) is 20.2 Å². The molecule has 0 aliphatic heterocycles. The van der Waals surface area contributed by atoms with Gasteiger partial charge in [0.05, 0.1) is 13.3 Å². The molecular formula is C14H16N4O4. The molecule has 8 nitrogen and oxygen atoms in total. The van der Waals surface area contributed by atoms with Gasteiger partial charge >= 0.3 is 5.69 Å². The van der Waals surface area contributed by atoms with E-state index in [1.165, 1.54) is 37.5 Å². The van der Waals surface area contributed by atoms with Crippen molar-refractivity contribution in [2.75, 3.05) is 19.2 Å². The van der Waals surface area contributed by atoms with Gasteiger partial charge in [-0.1, -0.05) is 0 Å². The van der Waals surface area contributed by atoms with E-state index in [-0.39, 0.29) is 11.6 Å². The minimum atomic E-state index is -0.518. The molecule has 1 aromatic carbocycles. The number of nitrogens with one attached hydrogen (secondary N) is 1. The molecule has 0 aliphatic rings. The summed E-state index contributed by atoms with van der Waals surface area (Å²) in [5, 5.41) is 15.0. The molecule has 1 heterocycles. The number of benzene rings is 1. The molecule has 0 spiro atoms. The van der Waals surface area contributed by atoms with Gasteiger partial charge in [-0.15, -0.1) is 0 Å². The Morgan fingerprint density at radius 1 is 1.36 bits per heavy atom. The van der Waals surface area contributed by atoms with Crippen molar-refractivity contribution in [3.05, 3.63) is 50.7 Å². The molecular weight excluding hydrogens is 288 g/mol. The summed E-state index contributed by atoms with van der Waals surface area (Å²) in [4.78, 5) is 25.7. The maximum absolute atomic E-state index is 11.6. The van der Waals surface area contributed by atoms with Crippen molar-refractivity contribution in [1.82, 2.24) is 9.55 Å². The van der Waals surface area contributed by atoms with Gasteiger partial charge < -0.3 is 9.84 Å². The highest BCUT2D eigenvalue weighted by Gasteiger charge is 2.05. The van der Waals surface area contributed by atoms with Crippen LogP contribution in [0.4, 0.5) is 5.82 Å². The fourth-order valence-corrected chi connectivity index (χ4v) is 1.71. The summed E-state index contributed by atoms with van der Waals surface area (Å²) in [6.07, 6.45) is 1.51. The highest BCUT2D eigenvalue weighted by molar-refractivity contribution is 5.81. The molecule has 0 aliphatic carbocycles. The standard InChI is InChI=1S/C14H16N4O4/c1-17-13(20)7-12(16-14(17)21)18(2)15-8-9-4-5-10(19)11(6-9)22-3/h4-8,19H,1-3H3,(H,16,21). The van der Waals surface area contributed by atoms with Gasteiger partial charge in [-0.2, -0.15) is 5.10 Å². The summed E-state index contributed by atoms with van der Waals surface area (Å²) >= 11 is 0. The third-order valence-corrected chi connectivity index (χ3v) is 3.06. The van der Waals surface area contributed by atoms with Gasteiger partial charge in [-0.3, -0.25) is 19.4 Å². The third kappa shape index (κ3) is 3.17. The second-order valence-electron chi connectivity index (χ2n) is 4.56. The second-order valence-corrected chi connectivity index (χ2v) is 4.56. The number of rotatable bonds is 4. The molecule has 1 aromatic heterocycles. The molecule has 0 fully saturated rings. The van der Waals surface area contributed by atoms with E-state index in [0.29, 0.717) is 11.3 Å². The van der Waals surface area contributed by atoms with Gasteiger partial charge in [-0.05, 0) is 23.8 Å². The zero-order valence-corrected chi connectivity index (χ0v) is 12.4. The molecule has 0 unspecified atom stereocenters. The number of aromatic nitrogens is 2. The zero-order valence-electron chi connectivity index (χ0n) is 12.4. The van der Waals surface area contributed by atoms with Crippen LogP contribution in [0, 0.1) is 0 Å². The predicted octanol–water partition coefficient (Wildman–Crippen LogP) is 0.258. The van der Waals surface area contributed by atoms with Crippen molar-refractivity contribution >= 4 is 12.0 Å². The molecule has 0 bridgehead atoms. The van der Waals surface area contributed by atoms with Crippen molar-refractivity contribution in [2.45, 2.75) is 0 Å². The van der Waals surface area contributed by atoms with Crippen LogP contribution in [0.5, 0.6) is 11.5 Å². The Balaban J connectivity index is 2.26. The van der Waals surface area contributed by atoms with Crippen LogP contribution < -0.4 is 21.0 Å². The Morgan fingerprint density at radius 3 is 2.73 bits per heavy atom. The minimum Gasteiger partial charge on any atom is -0.504 e. The van der Waals surface area contributed by atoms with Gasteiger partial charge in [0.2, 0.25) is 0 Å². The number of phenols is 1. The van der Waals surface area contributed by atoms with Gasteiger partial charge in [0.15, 0.2) is 11.5 Å². The predicted molar refractivity (Wildman–Crippen MR) is 83.0 cm³/mol. The maximum Gasteiger partial charge on any atom is 0.329 e. The topological polar surface area (TPSA) is 99.9 Å². The number of methoxy groups -OCH3 is 1. The molecule has 8 heteroatoms. The van der Waals surface area contributed by atoms with Crippen LogP contribution in [0.2, 0.25) is 0 Å². The number of hydrogen-bond donors (Lipinski definition) is 2. The SMILES string of the molecule is COc1cc(C=NN(C)c2cc(=O)n(C)c(=O)[nH]2)ccc1O. The maximum atomic E-state index is 11.6. The molecule has 0 saturated carbocycles. The lowest BCUT2D eigenvalue weighted by Crippen LogP contribution is -2.33. The Morgan fingerprint density at radius 2 is 2.09 bits per heavy atom. The number of anilines is 1. The fraction of sp³-hybridized carbons (Fsp3) is 0.214. The summed E-state index contributed by atoms with van der Waals surface area (Å²) in [6.45, 7) is 0. The molecule has 22 heavy (non-hydrogen) atoms. The van der Waals surface area contributed by atoms with Crippen molar-refractivity contribution < 1.29 is 9.84 Å². The average Bonchev–Trinajstić information content (AvgIpc) is 2.50. The molecule has 2 rings (SSSR count). The monoisotopic (exact) mass is 304 g/mol. The summed E-state index contributed by atoms with van der Waals surface area (Å²) in [7, 11) is 4.43. The lowest BCUT2D eigenvalue weighted by Gasteiger charge is -2.12. The van der Waals surface area contributed by atoms with Crippen LogP contribution in [-0.2, 0) is 7.05 Å². The van der Waals surface area contributed by atoms with Crippen molar-refractivity contribution in [3.8, 4) is 11.5 Å². The highest BCUT2D eigenvalue weighted by atomic mass is 16.5. The van der Waals surface area contributed by atoms with E-state index in [0.717, 1.165) is 4.57 Å². The summed E-state index contributed by atoms with van der Waals surface area (Å²) in [6, 6.07) is 6.03. The van der Waals surface area contributed by atoms with Crippen molar-refractivity contribution in [2.24, 2.45) is 12.1 Å². The fourth-order valence-electron chi connectivity index (χ4n) is 1.71. The van der Waals surface area contributed by atoms with Crippen molar-refractivity contribution in [1.29, 1.82) is 0 Å². The van der Waals surface area contributed by atoms with E-state index in [1.54, 1.807) is 19.2 Å². The number of H-pyrrole nitrogens is 1. The molecule has 0 atom stereocenters. The van der Waals surface area contributed by atoms with E-state index in [1.807, 2.05) is 0 Å². The van der Waals surface area contributed by atoms with Gasteiger partial charge in [-0.25, -0.2) is 4.79 Å². The van der Waals surface area contributed by atoms with E-state index in [4.69, 9.17) is 4.74 Å². The first-order chi connectivity index (χ1) is 10.4. The first kappa shape index (κ1) is 15.4. The number of phenolic OH excluding ortho intramolecular Hbond substituents is 1. The minimum absolute atomic E-state index is 0.0314. The van der Waals surface area contributed by atoms with Crippen LogP contribution in [0.3, 0.4) is 0 Å². The number of hydrogen-bond acceptors (Lipinski definition) is 6. The van der Waals surface area contributed by atoms with E-state index >= 15 is 0 Å². The second kappa shape index (κ2) is 6.17.